The predicted molar refractivity (Wildman–Crippen MR) is 99.8 cm³/mol. The summed E-state index contributed by atoms with van der Waals surface area (Å²) in [5.74, 6) is -0.655. The summed E-state index contributed by atoms with van der Waals surface area (Å²) in [6.45, 7) is 4.33. The predicted octanol–water partition coefficient (Wildman–Crippen LogP) is 5.82. The Hall–Kier alpha value is -2.62. The lowest BCUT2D eigenvalue weighted by molar-refractivity contribution is 0.584. The van der Waals surface area contributed by atoms with Gasteiger partial charge in [0.05, 0.1) is 11.7 Å². The van der Waals surface area contributed by atoms with Crippen molar-refractivity contribution in [3.8, 4) is 0 Å². The average Bonchev–Trinajstić information content (AvgIpc) is 2.58. The number of halogens is 2. The van der Waals surface area contributed by atoms with Crippen LogP contribution < -0.4 is 10.6 Å². The Morgan fingerprint density at radius 2 is 1.80 bits per heavy atom. The highest BCUT2D eigenvalue weighted by Gasteiger charge is 2.12. The average molecular weight is 340 g/mol. The molecular weight excluding hydrogens is 318 g/mol. The number of allylic oxidation sites excluding steroid dienone is 1. The molecule has 1 atom stereocenters. The van der Waals surface area contributed by atoms with Gasteiger partial charge < -0.3 is 10.6 Å². The molecule has 0 bridgehead atoms. The van der Waals surface area contributed by atoms with Crippen molar-refractivity contribution in [1.29, 1.82) is 0 Å². The van der Waals surface area contributed by atoms with Crippen molar-refractivity contribution < 1.29 is 8.78 Å². The van der Waals surface area contributed by atoms with Crippen LogP contribution in [0, 0.1) is 11.6 Å². The molecule has 0 radical (unpaired) electrons. The van der Waals surface area contributed by atoms with Crippen LogP contribution in [0.5, 0.6) is 0 Å². The molecule has 0 fully saturated rings. The minimum absolute atomic E-state index is 0.0533. The molecule has 4 heteroatoms. The molecule has 1 unspecified atom stereocenters. The number of hydrogen-bond donors (Lipinski definition) is 2. The minimum Gasteiger partial charge on any atom is -0.376 e. The summed E-state index contributed by atoms with van der Waals surface area (Å²) in [5.41, 5.74) is 3.56. The lowest BCUT2D eigenvalue weighted by atomic mass is 10.0. The van der Waals surface area contributed by atoms with E-state index in [-0.39, 0.29) is 6.04 Å². The summed E-state index contributed by atoms with van der Waals surface area (Å²) in [6, 6.07) is 11.9. The van der Waals surface area contributed by atoms with Crippen LogP contribution in [0.4, 0.5) is 20.2 Å². The Morgan fingerprint density at radius 1 is 1.04 bits per heavy atom. The van der Waals surface area contributed by atoms with Gasteiger partial charge >= 0.3 is 0 Å². The molecule has 1 aliphatic rings. The van der Waals surface area contributed by atoms with E-state index in [4.69, 9.17) is 0 Å². The van der Waals surface area contributed by atoms with E-state index in [1.54, 1.807) is 0 Å². The third-order valence-electron chi connectivity index (χ3n) is 4.21. The van der Waals surface area contributed by atoms with E-state index < -0.39 is 11.6 Å². The van der Waals surface area contributed by atoms with Gasteiger partial charge in [-0.25, -0.2) is 8.78 Å². The van der Waals surface area contributed by atoms with E-state index in [1.165, 1.54) is 17.7 Å². The molecule has 1 aliphatic carbocycles. The first-order chi connectivity index (χ1) is 12.0. The first-order valence-electron chi connectivity index (χ1n) is 8.48. The molecule has 0 aromatic heterocycles. The molecule has 2 nitrogen and oxygen atoms in total. The molecule has 0 heterocycles. The summed E-state index contributed by atoms with van der Waals surface area (Å²) in [4.78, 5) is 0. The molecule has 3 rings (SSSR count). The van der Waals surface area contributed by atoms with Crippen LogP contribution in [-0.4, -0.2) is 6.04 Å². The van der Waals surface area contributed by atoms with Crippen molar-refractivity contribution in [2.75, 3.05) is 10.6 Å². The van der Waals surface area contributed by atoms with Gasteiger partial charge in [-0.15, -0.1) is 0 Å². The van der Waals surface area contributed by atoms with Crippen LogP contribution in [0.25, 0.3) is 0 Å². The highest BCUT2D eigenvalue weighted by Crippen LogP contribution is 2.22. The zero-order valence-electron chi connectivity index (χ0n) is 14.4. The van der Waals surface area contributed by atoms with Crippen molar-refractivity contribution in [2.45, 2.75) is 32.2 Å². The van der Waals surface area contributed by atoms with Gasteiger partial charge in [-0.3, -0.25) is 0 Å². The second kappa shape index (κ2) is 7.51. The van der Waals surface area contributed by atoms with Gasteiger partial charge in [0.25, 0.3) is 0 Å². The lowest BCUT2D eigenvalue weighted by Crippen LogP contribution is -2.20. The number of hydrogen-bond acceptors (Lipinski definition) is 2. The standard InChI is InChI=1S/C21H22F2N2/c1-14(2)15-6-9-17(10-7-15)24-18-4-3-5-19(13-18)25-21-11-8-16(22)12-20(21)23/h3-4,6-14,19,24-25H,5H2,1-2H3. The SMILES string of the molecule is CC(C)c1ccc(NC2=CC(Nc3ccc(F)cc3F)CC=C2)cc1. The Morgan fingerprint density at radius 3 is 2.48 bits per heavy atom. The Labute approximate surface area is 147 Å². The zero-order chi connectivity index (χ0) is 17.8. The quantitative estimate of drug-likeness (QED) is 0.716. The van der Waals surface area contributed by atoms with Gasteiger partial charge in [-0.1, -0.05) is 32.1 Å². The highest BCUT2D eigenvalue weighted by atomic mass is 19.1. The van der Waals surface area contributed by atoms with Gasteiger partial charge in [0.2, 0.25) is 0 Å². The fraction of sp³-hybridized carbons (Fsp3) is 0.238. The topological polar surface area (TPSA) is 24.1 Å². The van der Waals surface area contributed by atoms with Crippen LogP contribution in [-0.2, 0) is 0 Å². The number of nitrogens with one attached hydrogen (secondary N) is 2. The number of anilines is 2. The van der Waals surface area contributed by atoms with Crippen molar-refractivity contribution in [2.24, 2.45) is 0 Å². The van der Waals surface area contributed by atoms with Crippen LogP contribution in [0.2, 0.25) is 0 Å². The maximum Gasteiger partial charge on any atom is 0.149 e. The third kappa shape index (κ3) is 4.47. The highest BCUT2D eigenvalue weighted by molar-refractivity contribution is 5.54. The smallest absolute Gasteiger partial charge is 0.149 e. The fourth-order valence-electron chi connectivity index (χ4n) is 2.79. The van der Waals surface area contributed by atoms with Crippen LogP contribution in [0.15, 0.2) is 66.4 Å². The van der Waals surface area contributed by atoms with Crippen molar-refractivity contribution in [3.05, 3.63) is 83.6 Å². The second-order valence-electron chi connectivity index (χ2n) is 6.54. The van der Waals surface area contributed by atoms with Crippen molar-refractivity contribution >= 4 is 11.4 Å². The Bertz CT molecular complexity index is 792. The molecule has 25 heavy (non-hydrogen) atoms. The minimum atomic E-state index is -0.582. The summed E-state index contributed by atoms with van der Waals surface area (Å²) in [6.07, 6.45) is 6.80. The summed E-state index contributed by atoms with van der Waals surface area (Å²) < 4.78 is 26.8. The van der Waals surface area contributed by atoms with Crippen LogP contribution in [0.3, 0.4) is 0 Å². The molecule has 0 saturated carbocycles. The molecule has 0 spiro atoms. The van der Waals surface area contributed by atoms with Gasteiger partial charge in [0.15, 0.2) is 0 Å². The van der Waals surface area contributed by atoms with E-state index in [9.17, 15) is 8.78 Å². The molecule has 0 aliphatic heterocycles. The fourth-order valence-corrected chi connectivity index (χ4v) is 2.79. The van der Waals surface area contributed by atoms with Gasteiger partial charge in [0.1, 0.15) is 11.6 Å². The first-order valence-corrected chi connectivity index (χ1v) is 8.48. The van der Waals surface area contributed by atoms with Gasteiger partial charge in [0, 0.05) is 17.5 Å². The lowest BCUT2D eigenvalue weighted by Gasteiger charge is -2.21. The number of rotatable bonds is 5. The van der Waals surface area contributed by atoms with E-state index in [1.807, 2.05) is 18.2 Å². The second-order valence-corrected chi connectivity index (χ2v) is 6.54. The van der Waals surface area contributed by atoms with Crippen LogP contribution in [0.1, 0.15) is 31.7 Å². The largest absolute Gasteiger partial charge is 0.376 e. The molecule has 130 valence electrons. The van der Waals surface area contributed by atoms with Crippen LogP contribution >= 0.6 is 0 Å². The maximum atomic E-state index is 13.8. The summed E-state index contributed by atoms with van der Waals surface area (Å²) >= 11 is 0. The van der Waals surface area contributed by atoms with E-state index in [0.29, 0.717) is 11.6 Å². The summed E-state index contributed by atoms with van der Waals surface area (Å²) in [5, 5.41) is 6.47. The third-order valence-corrected chi connectivity index (χ3v) is 4.21. The van der Waals surface area contributed by atoms with Gasteiger partial charge in [-0.05, 0) is 54.3 Å². The molecule has 0 saturated heterocycles. The normalized spacial score (nSPS) is 16.7. The molecule has 2 aromatic carbocycles. The van der Waals surface area contributed by atoms with Crippen molar-refractivity contribution in [3.63, 3.8) is 0 Å². The number of benzene rings is 2. The molecule has 2 N–H and O–H groups in total. The summed E-state index contributed by atoms with van der Waals surface area (Å²) in [7, 11) is 0. The molecule has 0 amide bonds. The van der Waals surface area contributed by atoms with E-state index in [2.05, 4.69) is 48.7 Å². The zero-order valence-corrected chi connectivity index (χ0v) is 14.4. The Balaban J connectivity index is 1.68. The van der Waals surface area contributed by atoms with Gasteiger partial charge in [-0.2, -0.15) is 0 Å². The first kappa shape index (κ1) is 17.2. The van der Waals surface area contributed by atoms with Crippen molar-refractivity contribution in [1.82, 2.24) is 0 Å². The monoisotopic (exact) mass is 340 g/mol. The Kier molecular flexibility index (Phi) is 5.17. The molecular formula is C21H22F2N2. The van der Waals surface area contributed by atoms with E-state index >= 15 is 0 Å². The molecule has 2 aromatic rings. The maximum absolute atomic E-state index is 13.8. The van der Waals surface area contributed by atoms with E-state index in [0.717, 1.165) is 23.9 Å².